The van der Waals surface area contributed by atoms with Crippen molar-refractivity contribution in [3.8, 4) is 5.75 Å². The molecule has 4 nitrogen and oxygen atoms in total. The fourth-order valence-corrected chi connectivity index (χ4v) is 3.75. The second kappa shape index (κ2) is 8.76. The predicted molar refractivity (Wildman–Crippen MR) is 113 cm³/mol. The number of nitrogens with zero attached hydrogens (tertiary/aromatic N) is 1. The van der Waals surface area contributed by atoms with Crippen molar-refractivity contribution in [3.63, 3.8) is 0 Å². The van der Waals surface area contributed by atoms with Crippen LogP contribution >= 0.6 is 0 Å². The summed E-state index contributed by atoms with van der Waals surface area (Å²) in [6.45, 7) is 6.89. The van der Waals surface area contributed by atoms with Gasteiger partial charge >= 0.3 is 0 Å². The number of ether oxygens (including phenoxy) is 3. The van der Waals surface area contributed by atoms with Crippen LogP contribution in [0.1, 0.15) is 55.4 Å². The van der Waals surface area contributed by atoms with E-state index in [2.05, 4.69) is 55.2 Å². The third-order valence-electron chi connectivity index (χ3n) is 5.22. The van der Waals surface area contributed by atoms with E-state index >= 15 is 0 Å². The summed E-state index contributed by atoms with van der Waals surface area (Å²) in [5.74, 6) is 1.64. The summed E-state index contributed by atoms with van der Waals surface area (Å²) in [6.07, 6.45) is 1.44. The Morgan fingerprint density at radius 1 is 0.897 bits per heavy atom. The van der Waals surface area contributed by atoms with Crippen LogP contribution in [0.4, 0.5) is 0 Å². The molecule has 1 saturated heterocycles. The van der Waals surface area contributed by atoms with Crippen molar-refractivity contribution < 1.29 is 14.2 Å². The van der Waals surface area contributed by atoms with E-state index in [0.717, 1.165) is 17.0 Å². The van der Waals surface area contributed by atoms with E-state index < -0.39 is 0 Å². The van der Waals surface area contributed by atoms with Gasteiger partial charge in [0.2, 0.25) is 0 Å². The van der Waals surface area contributed by atoms with Crippen LogP contribution in [-0.4, -0.2) is 11.3 Å². The molecule has 150 valence electrons. The van der Waals surface area contributed by atoms with Crippen LogP contribution in [0.5, 0.6) is 5.75 Å². The first-order chi connectivity index (χ1) is 14.1. The average molecular weight is 389 g/mol. The minimum atomic E-state index is -0.230. The van der Waals surface area contributed by atoms with E-state index in [-0.39, 0.29) is 12.6 Å². The zero-order valence-corrected chi connectivity index (χ0v) is 17.1. The Kier molecular flexibility index (Phi) is 5.93. The Labute approximate surface area is 172 Å². The van der Waals surface area contributed by atoms with Crippen molar-refractivity contribution >= 4 is 0 Å². The summed E-state index contributed by atoms with van der Waals surface area (Å²) >= 11 is 0. The molecule has 3 aromatic rings. The van der Waals surface area contributed by atoms with Gasteiger partial charge in [-0.2, -0.15) is 0 Å². The van der Waals surface area contributed by atoms with Gasteiger partial charge in [-0.3, -0.25) is 4.98 Å². The molecule has 0 spiro atoms. The monoisotopic (exact) mass is 389 g/mol. The Hall–Kier alpha value is -2.69. The maximum atomic E-state index is 5.87. The van der Waals surface area contributed by atoms with Gasteiger partial charge in [0.05, 0.1) is 5.69 Å². The van der Waals surface area contributed by atoms with Crippen LogP contribution < -0.4 is 4.74 Å². The molecule has 4 rings (SSSR count). The molecule has 0 amide bonds. The molecule has 1 atom stereocenters. The first-order valence-corrected chi connectivity index (χ1v) is 10.1. The number of pyridine rings is 1. The topological polar surface area (TPSA) is 40.6 Å². The average Bonchev–Trinajstić information content (AvgIpc) is 2.72. The third-order valence-corrected chi connectivity index (χ3v) is 5.22. The highest BCUT2D eigenvalue weighted by molar-refractivity contribution is 5.38. The molecule has 1 aliphatic heterocycles. The first-order valence-electron chi connectivity index (χ1n) is 10.1. The molecule has 0 N–H and O–H groups in total. The number of hydrogen-bond donors (Lipinski definition) is 0. The lowest BCUT2D eigenvalue weighted by Gasteiger charge is -2.34. The number of rotatable bonds is 7. The highest BCUT2D eigenvalue weighted by Gasteiger charge is 2.28. The molecule has 1 fully saturated rings. The number of hydrogen-bond acceptors (Lipinski definition) is 4. The maximum absolute atomic E-state index is 5.87. The van der Waals surface area contributed by atoms with Crippen LogP contribution in [0.3, 0.4) is 0 Å². The third kappa shape index (κ3) is 4.66. The van der Waals surface area contributed by atoms with E-state index in [0.29, 0.717) is 18.4 Å². The van der Waals surface area contributed by atoms with Crippen LogP contribution in [0.2, 0.25) is 0 Å². The van der Waals surface area contributed by atoms with Gasteiger partial charge in [-0.05, 0) is 48.2 Å². The van der Waals surface area contributed by atoms with E-state index in [9.17, 15) is 0 Å². The molecule has 2 aromatic carbocycles. The fraction of sp³-hybridized carbons (Fsp3) is 0.320. The van der Waals surface area contributed by atoms with Crippen LogP contribution in [-0.2, 0) is 16.1 Å². The van der Waals surface area contributed by atoms with Gasteiger partial charge in [0.15, 0.2) is 12.6 Å². The molecular formula is C25H27NO3. The molecule has 0 bridgehead atoms. The SMILES string of the molecule is CC1OC(c2ccc(C(c3ccc(OCc4ccccn4)cc3)C(C)C)cc2)O1. The van der Waals surface area contributed by atoms with E-state index in [1.807, 2.05) is 37.3 Å². The van der Waals surface area contributed by atoms with Gasteiger partial charge in [0.1, 0.15) is 12.4 Å². The van der Waals surface area contributed by atoms with Gasteiger partial charge in [-0.1, -0.05) is 56.3 Å². The highest BCUT2D eigenvalue weighted by atomic mass is 16.9. The Morgan fingerprint density at radius 2 is 1.55 bits per heavy atom. The van der Waals surface area contributed by atoms with Gasteiger partial charge in [-0.15, -0.1) is 0 Å². The van der Waals surface area contributed by atoms with Gasteiger partial charge < -0.3 is 14.2 Å². The van der Waals surface area contributed by atoms with E-state index in [1.54, 1.807) is 6.20 Å². The number of aromatic nitrogens is 1. The van der Waals surface area contributed by atoms with Gasteiger partial charge in [0.25, 0.3) is 0 Å². The Balaban J connectivity index is 1.45. The first kappa shape index (κ1) is 19.6. The quantitative estimate of drug-likeness (QED) is 0.509. The van der Waals surface area contributed by atoms with Crippen LogP contribution in [0.15, 0.2) is 72.9 Å². The fourth-order valence-electron chi connectivity index (χ4n) is 3.75. The van der Waals surface area contributed by atoms with Crippen molar-refractivity contribution in [2.45, 2.75) is 45.9 Å². The minimum absolute atomic E-state index is 0.110. The lowest BCUT2D eigenvalue weighted by atomic mass is 9.82. The summed E-state index contributed by atoms with van der Waals surface area (Å²) in [7, 11) is 0. The standard InChI is InChI=1S/C25H27NO3/c1-17(2)24(19-7-9-21(10-8-19)25-28-18(3)29-25)20-11-13-23(14-12-20)27-16-22-6-4-5-15-26-22/h4-15,17-18,24-25H,16H2,1-3H3. The largest absolute Gasteiger partial charge is 0.487 e. The highest BCUT2D eigenvalue weighted by Crippen LogP contribution is 2.36. The van der Waals surface area contributed by atoms with Gasteiger partial charge in [-0.25, -0.2) is 0 Å². The molecule has 1 aromatic heterocycles. The normalized spacial score (nSPS) is 19.6. The van der Waals surface area contributed by atoms with Crippen LogP contribution in [0.25, 0.3) is 0 Å². The molecule has 29 heavy (non-hydrogen) atoms. The van der Waals surface area contributed by atoms with Crippen molar-refractivity contribution in [2.75, 3.05) is 0 Å². The summed E-state index contributed by atoms with van der Waals surface area (Å²) in [5, 5.41) is 0. The molecule has 1 aliphatic rings. The van der Waals surface area contributed by atoms with Crippen molar-refractivity contribution in [2.24, 2.45) is 5.92 Å². The Bertz CT molecular complexity index is 901. The summed E-state index contributed by atoms with van der Waals surface area (Å²) in [5.41, 5.74) is 4.55. The van der Waals surface area contributed by atoms with Gasteiger partial charge in [0, 0.05) is 17.7 Å². The van der Waals surface area contributed by atoms with Crippen molar-refractivity contribution in [3.05, 3.63) is 95.3 Å². The molecular weight excluding hydrogens is 362 g/mol. The van der Waals surface area contributed by atoms with E-state index in [1.165, 1.54) is 11.1 Å². The Morgan fingerprint density at radius 3 is 2.10 bits per heavy atom. The second-order valence-electron chi connectivity index (χ2n) is 7.74. The predicted octanol–water partition coefficient (Wildman–Crippen LogP) is 5.84. The van der Waals surface area contributed by atoms with Crippen molar-refractivity contribution in [1.29, 1.82) is 0 Å². The zero-order chi connectivity index (χ0) is 20.2. The summed E-state index contributed by atoms with van der Waals surface area (Å²) < 4.78 is 17.0. The zero-order valence-electron chi connectivity index (χ0n) is 17.1. The van der Waals surface area contributed by atoms with Crippen molar-refractivity contribution in [1.82, 2.24) is 4.98 Å². The number of benzene rings is 2. The van der Waals surface area contributed by atoms with E-state index in [4.69, 9.17) is 14.2 Å². The molecule has 4 heteroatoms. The smallest absolute Gasteiger partial charge is 0.189 e. The van der Waals surface area contributed by atoms with Crippen LogP contribution in [0, 0.1) is 5.92 Å². The second-order valence-corrected chi connectivity index (χ2v) is 7.74. The molecule has 1 unspecified atom stereocenters. The molecule has 0 saturated carbocycles. The lowest BCUT2D eigenvalue weighted by molar-refractivity contribution is -0.382. The summed E-state index contributed by atoms with van der Waals surface area (Å²) in [4.78, 5) is 4.29. The molecule has 2 heterocycles. The minimum Gasteiger partial charge on any atom is -0.487 e. The molecule has 0 radical (unpaired) electrons. The lowest BCUT2D eigenvalue weighted by Crippen LogP contribution is -2.31. The maximum Gasteiger partial charge on any atom is 0.189 e. The molecule has 0 aliphatic carbocycles. The summed E-state index contributed by atoms with van der Waals surface area (Å²) in [6, 6.07) is 22.8.